The summed E-state index contributed by atoms with van der Waals surface area (Å²) in [5.74, 6) is 0.891. The number of hydrogen-bond acceptors (Lipinski definition) is 5. The van der Waals surface area contributed by atoms with Crippen LogP contribution in [0.3, 0.4) is 0 Å². The van der Waals surface area contributed by atoms with E-state index in [1.165, 1.54) is 5.56 Å². The first-order valence-electron chi connectivity index (χ1n) is 9.05. The molecule has 4 aromatic rings. The minimum atomic E-state index is -0.162. The fraction of sp³-hybridized carbons (Fsp3) is 0.190. The Morgan fingerprint density at radius 1 is 1.18 bits per heavy atom. The topological polar surface area (TPSA) is 77.3 Å². The normalized spacial score (nSPS) is 16.2. The molecule has 0 radical (unpaired) electrons. The van der Waals surface area contributed by atoms with Crippen molar-refractivity contribution in [2.45, 2.75) is 12.5 Å². The van der Waals surface area contributed by atoms with Gasteiger partial charge < -0.3 is 13.8 Å². The second-order valence-electron chi connectivity index (χ2n) is 6.94. The van der Waals surface area contributed by atoms with Crippen LogP contribution in [-0.4, -0.2) is 32.3 Å². The monoisotopic (exact) mass is 374 g/mol. The Morgan fingerprint density at radius 2 is 2.07 bits per heavy atom. The molecule has 1 unspecified atom stereocenters. The van der Waals surface area contributed by atoms with Crippen molar-refractivity contribution in [1.82, 2.24) is 19.8 Å². The predicted octanol–water partition coefficient (Wildman–Crippen LogP) is 3.46. The number of benzene rings is 1. The molecule has 0 saturated carbocycles. The third kappa shape index (κ3) is 2.81. The van der Waals surface area contributed by atoms with Gasteiger partial charge in [0.2, 0.25) is 5.76 Å². The average molecular weight is 374 g/mol. The van der Waals surface area contributed by atoms with Crippen molar-refractivity contribution in [3.63, 3.8) is 0 Å². The van der Waals surface area contributed by atoms with E-state index in [0.29, 0.717) is 24.6 Å². The van der Waals surface area contributed by atoms with Gasteiger partial charge in [-0.2, -0.15) is 5.10 Å². The van der Waals surface area contributed by atoms with Gasteiger partial charge in [-0.15, -0.1) is 0 Å². The first kappa shape index (κ1) is 16.6. The first-order chi connectivity index (χ1) is 13.7. The molecule has 0 N–H and O–H groups in total. The summed E-state index contributed by atoms with van der Waals surface area (Å²) < 4.78 is 12.4. The Hall–Kier alpha value is -3.61. The van der Waals surface area contributed by atoms with Gasteiger partial charge in [0.1, 0.15) is 0 Å². The van der Waals surface area contributed by atoms with E-state index < -0.39 is 0 Å². The molecule has 0 fully saturated rings. The molecule has 7 heteroatoms. The number of nitrogens with zero attached hydrogens (tertiary/aromatic N) is 4. The number of rotatable bonds is 3. The summed E-state index contributed by atoms with van der Waals surface area (Å²) in [6, 6.07) is 13.4. The molecule has 1 aliphatic heterocycles. The molecule has 4 heterocycles. The van der Waals surface area contributed by atoms with Crippen LogP contribution < -0.4 is 0 Å². The van der Waals surface area contributed by atoms with Crippen LogP contribution >= 0.6 is 0 Å². The van der Waals surface area contributed by atoms with E-state index in [4.69, 9.17) is 8.94 Å². The fourth-order valence-corrected chi connectivity index (χ4v) is 3.74. The number of furan rings is 1. The predicted molar refractivity (Wildman–Crippen MR) is 100 cm³/mol. The van der Waals surface area contributed by atoms with E-state index in [0.717, 1.165) is 11.1 Å². The molecule has 1 atom stereocenters. The van der Waals surface area contributed by atoms with Crippen molar-refractivity contribution in [2.24, 2.45) is 7.05 Å². The maximum atomic E-state index is 13.1. The highest BCUT2D eigenvalue weighted by molar-refractivity contribution is 5.93. The number of carbonyl (C=O) groups excluding carboxylic acids is 1. The Morgan fingerprint density at radius 3 is 2.86 bits per heavy atom. The van der Waals surface area contributed by atoms with E-state index in [2.05, 4.69) is 22.4 Å². The van der Waals surface area contributed by atoms with Gasteiger partial charge >= 0.3 is 0 Å². The van der Waals surface area contributed by atoms with Gasteiger partial charge in [-0.05, 0) is 28.8 Å². The molecule has 1 aromatic carbocycles. The second kappa shape index (κ2) is 6.53. The summed E-state index contributed by atoms with van der Waals surface area (Å²) >= 11 is 0. The summed E-state index contributed by atoms with van der Waals surface area (Å²) in [6.45, 7) is 1.10. The van der Waals surface area contributed by atoms with Gasteiger partial charge in [0.15, 0.2) is 11.5 Å². The van der Waals surface area contributed by atoms with Crippen LogP contribution in [0.2, 0.25) is 0 Å². The van der Waals surface area contributed by atoms with Crippen LogP contribution in [-0.2, 0) is 13.6 Å². The van der Waals surface area contributed by atoms with E-state index in [9.17, 15) is 4.79 Å². The molecular weight excluding hydrogens is 356 g/mol. The second-order valence-corrected chi connectivity index (χ2v) is 6.94. The summed E-state index contributed by atoms with van der Waals surface area (Å²) in [4.78, 5) is 14.9. The van der Waals surface area contributed by atoms with Crippen molar-refractivity contribution in [3.8, 4) is 11.5 Å². The number of hydrogen-bond donors (Lipinski definition) is 0. The molecule has 0 saturated heterocycles. The summed E-state index contributed by atoms with van der Waals surface area (Å²) in [6.07, 6.45) is 5.42. The maximum Gasteiger partial charge on any atom is 0.276 e. The lowest BCUT2D eigenvalue weighted by Gasteiger charge is -2.34. The highest BCUT2D eigenvalue weighted by Gasteiger charge is 2.31. The van der Waals surface area contributed by atoms with Gasteiger partial charge in [0.05, 0.1) is 12.5 Å². The number of carbonyl (C=O) groups is 1. The van der Waals surface area contributed by atoms with E-state index in [1.54, 1.807) is 29.1 Å². The zero-order chi connectivity index (χ0) is 19.1. The molecular formula is C21H18N4O3. The molecule has 0 bridgehead atoms. The highest BCUT2D eigenvalue weighted by Crippen LogP contribution is 2.34. The lowest BCUT2D eigenvalue weighted by Crippen LogP contribution is -2.38. The molecule has 1 aliphatic rings. The van der Waals surface area contributed by atoms with Crippen molar-refractivity contribution >= 4 is 5.91 Å². The van der Waals surface area contributed by atoms with Crippen molar-refractivity contribution in [1.29, 1.82) is 0 Å². The minimum Gasteiger partial charge on any atom is -0.461 e. The first-order valence-corrected chi connectivity index (χ1v) is 9.05. The third-order valence-corrected chi connectivity index (χ3v) is 5.10. The van der Waals surface area contributed by atoms with Crippen LogP contribution in [0.5, 0.6) is 0 Å². The van der Waals surface area contributed by atoms with Crippen LogP contribution in [0, 0.1) is 0 Å². The zero-order valence-electron chi connectivity index (χ0n) is 15.3. The SMILES string of the molecule is Cn1cc(C2CN(C(=O)c3cc(-c4ccco4)on3)Cc3ccccc32)cn1. The van der Waals surface area contributed by atoms with Crippen molar-refractivity contribution in [2.75, 3.05) is 6.54 Å². The quantitative estimate of drug-likeness (QED) is 0.549. The summed E-state index contributed by atoms with van der Waals surface area (Å²) in [7, 11) is 1.90. The standard InChI is InChI=1S/C21H18N4O3/c1-24-11-15(10-22-24)17-13-25(12-14-5-2-3-6-16(14)17)21(26)18-9-20(28-23-18)19-7-4-8-27-19/h2-11,17H,12-13H2,1H3. The van der Waals surface area contributed by atoms with Crippen LogP contribution in [0.15, 0.2) is 70.1 Å². The number of amides is 1. The number of fused-ring (bicyclic) bond motifs is 1. The van der Waals surface area contributed by atoms with E-state index in [-0.39, 0.29) is 17.5 Å². The average Bonchev–Trinajstić information content (AvgIpc) is 3.47. The summed E-state index contributed by atoms with van der Waals surface area (Å²) in [5.41, 5.74) is 3.72. The molecule has 0 aliphatic carbocycles. The Labute approximate surface area is 161 Å². The lowest BCUT2D eigenvalue weighted by molar-refractivity contribution is 0.0714. The molecule has 5 rings (SSSR count). The van der Waals surface area contributed by atoms with Gasteiger partial charge in [-0.3, -0.25) is 9.48 Å². The fourth-order valence-electron chi connectivity index (χ4n) is 3.74. The van der Waals surface area contributed by atoms with Gasteiger partial charge in [0, 0.05) is 38.3 Å². The lowest BCUT2D eigenvalue weighted by atomic mass is 9.86. The third-order valence-electron chi connectivity index (χ3n) is 5.10. The zero-order valence-corrected chi connectivity index (χ0v) is 15.3. The van der Waals surface area contributed by atoms with Crippen LogP contribution in [0.4, 0.5) is 0 Å². The Balaban J connectivity index is 1.47. The molecule has 3 aromatic heterocycles. The Bertz CT molecular complexity index is 1130. The van der Waals surface area contributed by atoms with Crippen LogP contribution in [0.1, 0.15) is 33.1 Å². The number of aromatic nitrogens is 3. The van der Waals surface area contributed by atoms with Crippen LogP contribution in [0.25, 0.3) is 11.5 Å². The molecule has 1 amide bonds. The molecule has 0 spiro atoms. The van der Waals surface area contributed by atoms with Crippen molar-refractivity contribution in [3.05, 3.63) is 83.5 Å². The molecule has 140 valence electrons. The largest absolute Gasteiger partial charge is 0.461 e. The van der Waals surface area contributed by atoms with E-state index in [1.807, 2.05) is 36.5 Å². The van der Waals surface area contributed by atoms with Gasteiger partial charge in [0.25, 0.3) is 5.91 Å². The Kier molecular flexibility index (Phi) is 3.86. The van der Waals surface area contributed by atoms with Gasteiger partial charge in [-0.1, -0.05) is 29.4 Å². The maximum absolute atomic E-state index is 13.1. The smallest absolute Gasteiger partial charge is 0.276 e. The summed E-state index contributed by atoms with van der Waals surface area (Å²) in [5, 5.41) is 8.26. The number of aryl methyl sites for hydroxylation is 1. The van der Waals surface area contributed by atoms with Gasteiger partial charge in [-0.25, -0.2) is 0 Å². The van der Waals surface area contributed by atoms with E-state index >= 15 is 0 Å². The molecule has 7 nitrogen and oxygen atoms in total. The minimum absolute atomic E-state index is 0.0686. The molecule has 28 heavy (non-hydrogen) atoms. The van der Waals surface area contributed by atoms with Crippen molar-refractivity contribution < 1.29 is 13.7 Å². The highest BCUT2D eigenvalue weighted by atomic mass is 16.5.